The number of piperidine rings is 1. The summed E-state index contributed by atoms with van der Waals surface area (Å²) in [6.07, 6.45) is 4.01. The second-order valence-corrected chi connectivity index (χ2v) is 6.93. The molecule has 0 N–H and O–H groups in total. The predicted octanol–water partition coefficient (Wildman–Crippen LogP) is 4.41. The highest BCUT2D eigenvalue weighted by Gasteiger charge is 2.12. The molecule has 5 heteroatoms. The topological polar surface area (TPSA) is 39.9 Å². The van der Waals surface area contributed by atoms with Crippen molar-refractivity contribution >= 4 is 35.1 Å². The monoisotopic (exact) mass is 347 g/mol. The van der Waals surface area contributed by atoms with Crippen molar-refractivity contribution in [1.82, 2.24) is 9.88 Å². The Morgan fingerprint density at radius 1 is 1.26 bits per heavy atom. The second-order valence-electron chi connectivity index (χ2n) is 5.85. The van der Waals surface area contributed by atoms with Gasteiger partial charge in [-0.05, 0) is 44.5 Å². The van der Waals surface area contributed by atoms with Crippen molar-refractivity contribution in [2.24, 2.45) is 0 Å². The lowest BCUT2D eigenvalue weighted by Gasteiger charge is -2.26. The molecule has 1 aromatic carbocycles. The molecule has 0 amide bonds. The molecular weight excluding hydrogens is 326 g/mol. The van der Waals surface area contributed by atoms with E-state index >= 15 is 0 Å². The smallest absolute Gasteiger partial charge is 0.115 e. The summed E-state index contributed by atoms with van der Waals surface area (Å²) in [6.45, 7) is 5.60. The van der Waals surface area contributed by atoms with Gasteiger partial charge in [-0.25, -0.2) is 4.98 Å². The Hall–Kier alpha value is -1.28. The lowest BCUT2D eigenvalue weighted by atomic mass is 10.1. The number of halogens is 1. The van der Waals surface area contributed by atoms with E-state index in [0.29, 0.717) is 5.56 Å². The number of thioether (sulfide) groups is 1. The van der Waals surface area contributed by atoms with Gasteiger partial charge in [0.25, 0.3) is 0 Å². The molecule has 122 valence electrons. The summed E-state index contributed by atoms with van der Waals surface area (Å²) >= 11 is 1.71. The van der Waals surface area contributed by atoms with Gasteiger partial charge >= 0.3 is 0 Å². The van der Waals surface area contributed by atoms with E-state index in [1.54, 1.807) is 11.8 Å². The van der Waals surface area contributed by atoms with Gasteiger partial charge in [-0.1, -0.05) is 24.6 Å². The molecule has 0 saturated carbocycles. The summed E-state index contributed by atoms with van der Waals surface area (Å²) < 4.78 is 0. The van der Waals surface area contributed by atoms with E-state index in [0.717, 1.165) is 28.2 Å². The zero-order valence-corrected chi connectivity index (χ0v) is 15.1. The van der Waals surface area contributed by atoms with Crippen LogP contribution in [-0.2, 0) is 0 Å². The van der Waals surface area contributed by atoms with Crippen LogP contribution in [0.1, 0.15) is 30.4 Å². The first-order valence-electron chi connectivity index (χ1n) is 7.93. The molecule has 3 nitrogen and oxygen atoms in total. The van der Waals surface area contributed by atoms with Crippen molar-refractivity contribution in [3.8, 4) is 6.07 Å². The Morgan fingerprint density at radius 3 is 2.78 bits per heavy atom. The molecular formula is C18H22ClN3S. The highest BCUT2D eigenvalue weighted by Crippen LogP contribution is 2.26. The largest absolute Gasteiger partial charge is 0.303 e. The molecule has 0 bridgehead atoms. The average Bonchev–Trinajstić information content (AvgIpc) is 2.56. The number of para-hydroxylation sites is 1. The number of hydrogen-bond donors (Lipinski definition) is 0. The van der Waals surface area contributed by atoms with Crippen LogP contribution in [0, 0.1) is 18.3 Å². The first kappa shape index (κ1) is 18.1. The van der Waals surface area contributed by atoms with E-state index < -0.39 is 0 Å². The average molecular weight is 348 g/mol. The van der Waals surface area contributed by atoms with Gasteiger partial charge in [-0.3, -0.25) is 0 Å². The maximum absolute atomic E-state index is 9.38. The molecule has 1 aliphatic rings. The third-order valence-electron chi connectivity index (χ3n) is 4.23. The van der Waals surface area contributed by atoms with Crippen LogP contribution in [0.4, 0.5) is 0 Å². The van der Waals surface area contributed by atoms with E-state index in [1.165, 1.54) is 37.9 Å². The fourth-order valence-electron chi connectivity index (χ4n) is 2.97. The van der Waals surface area contributed by atoms with Gasteiger partial charge in [0, 0.05) is 17.7 Å². The summed E-state index contributed by atoms with van der Waals surface area (Å²) in [4.78, 5) is 7.27. The van der Waals surface area contributed by atoms with Crippen LogP contribution >= 0.6 is 24.2 Å². The van der Waals surface area contributed by atoms with Gasteiger partial charge < -0.3 is 4.90 Å². The van der Waals surface area contributed by atoms with E-state index in [2.05, 4.69) is 24.0 Å². The Kier molecular flexibility index (Phi) is 6.71. The fraction of sp³-hybridized carbons (Fsp3) is 0.444. The van der Waals surface area contributed by atoms with Crippen molar-refractivity contribution in [3.05, 3.63) is 35.4 Å². The number of nitrogens with zero attached hydrogens (tertiary/aromatic N) is 3. The zero-order valence-electron chi connectivity index (χ0n) is 13.4. The third kappa shape index (κ3) is 4.38. The van der Waals surface area contributed by atoms with Crippen LogP contribution in [0.3, 0.4) is 0 Å². The minimum Gasteiger partial charge on any atom is -0.303 e. The van der Waals surface area contributed by atoms with E-state index in [4.69, 9.17) is 4.98 Å². The number of likely N-dealkylation sites (tertiary alicyclic amines) is 1. The molecule has 3 rings (SSSR count). The molecule has 0 atom stereocenters. The number of aryl methyl sites for hydroxylation is 1. The van der Waals surface area contributed by atoms with Crippen molar-refractivity contribution in [1.29, 1.82) is 5.26 Å². The van der Waals surface area contributed by atoms with Crippen molar-refractivity contribution in [2.75, 3.05) is 25.4 Å². The quantitative estimate of drug-likeness (QED) is 0.768. The van der Waals surface area contributed by atoms with Gasteiger partial charge in [-0.2, -0.15) is 5.26 Å². The van der Waals surface area contributed by atoms with Crippen LogP contribution in [0.5, 0.6) is 0 Å². The van der Waals surface area contributed by atoms with Crippen LogP contribution in [-0.4, -0.2) is 35.3 Å². The predicted molar refractivity (Wildman–Crippen MR) is 99.5 cm³/mol. The van der Waals surface area contributed by atoms with Gasteiger partial charge in [0.15, 0.2) is 0 Å². The summed E-state index contributed by atoms with van der Waals surface area (Å²) in [5.41, 5.74) is 2.88. The minimum absolute atomic E-state index is 0. The van der Waals surface area contributed by atoms with E-state index in [-0.39, 0.29) is 12.4 Å². The Balaban J connectivity index is 0.00000192. The van der Waals surface area contributed by atoms with Crippen LogP contribution < -0.4 is 0 Å². The molecule has 0 unspecified atom stereocenters. The first-order valence-corrected chi connectivity index (χ1v) is 8.92. The Bertz CT molecular complexity index is 705. The van der Waals surface area contributed by atoms with E-state index in [9.17, 15) is 5.26 Å². The maximum atomic E-state index is 9.38. The molecule has 0 spiro atoms. The molecule has 1 saturated heterocycles. The van der Waals surface area contributed by atoms with Crippen LogP contribution in [0.25, 0.3) is 10.9 Å². The van der Waals surface area contributed by atoms with Crippen LogP contribution in [0.2, 0.25) is 0 Å². The van der Waals surface area contributed by atoms with Crippen molar-refractivity contribution < 1.29 is 0 Å². The van der Waals surface area contributed by atoms with Crippen LogP contribution in [0.15, 0.2) is 29.3 Å². The molecule has 1 aliphatic heterocycles. The van der Waals surface area contributed by atoms with Gasteiger partial charge in [0.1, 0.15) is 11.1 Å². The number of hydrogen-bond acceptors (Lipinski definition) is 4. The Morgan fingerprint density at radius 2 is 2.04 bits per heavy atom. The maximum Gasteiger partial charge on any atom is 0.115 e. The standard InChI is InChI=1S/C18H21N3S.ClH/c1-14-6-5-7-15-12-16(13-19)18(20-17(14)15)22-11-10-21-8-3-2-4-9-21;/h5-7,12H,2-4,8-11H2,1H3;1H. The number of rotatable bonds is 4. The molecule has 23 heavy (non-hydrogen) atoms. The number of nitriles is 1. The molecule has 2 heterocycles. The lowest BCUT2D eigenvalue weighted by molar-refractivity contribution is 0.242. The van der Waals surface area contributed by atoms with Crippen molar-refractivity contribution in [2.45, 2.75) is 31.2 Å². The number of aromatic nitrogens is 1. The fourth-order valence-corrected chi connectivity index (χ4v) is 3.93. The SMILES string of the molecule is Cc1cccc2cc(C#N)c(SCCN3CCCCC3)nc12.Cl. The highest BCUT2D eigenvalue weighted by molar-refractivity contribution is 7.99. The molecule has 1 fully saturated rings. The summed E-state index contributed by atoms with van der Waals surface area (Å²) in [5, 5.41) is 11.3. The summed E-state index contributed by atoms with van der Waals surface area (Å²) in [5.74, 6) is 0.999. The van der Waals surface area contributed by atoms with Gasteiger partial charge in [-0.15, -0.1) is 24.2 Å². The lowest BCUT2D eigenvalue weighted by Crippen LogP contribution is -2.31. The molecule has 2 aromatic rings. The minimum atomic E-state index is 0. The molecule has 1 aromatic heterocycles. The van der Waals surface area contributed by atoms with Crippen molar-refractivity contribution in [3.63, 3.8) is 0 Å². The molecule has 0 aliphatic carbocycles. The van der Waals surface area contributed by atoms with Gasteiger partial charge in [0.05, 0.1) is 11.1 Å². The first-order chi connectivity index (χ1) is 10.8. The molecule has 0 radical (unpaired) electrons. The highest BCUT2D eigenvalue weighted by atomic mass is 35.5. The Labute approximate surface area is 148 Å². The summed E-state index contributed by atoms with van der Waals surface area (Å²) in [6, 6.07) is 10.4. The normalized spacial score (nSPS) is 15.1. The summed E-state index contributed by atoms with van der Waals surface area (Å²) in [7, 11) is 0. The number of fused-ring (bicyclic) bond motifs is 1. The van der Waals surface area contributed by atoms with E-state index in [1.807, 2.05) is 18.2 Å². The second kappa shape index (κ2) is 8.54. The third-order valence-corrected chi connectivity index (χ3v) is 5.20. The number of pyridine rings is 1. The number of benzene rings is 1. The van der Waals surface area contributed by atoms with Gasteiger partial charge in [0.2, 0.25) is 0 Å². The zero-order chi connectivity index (χ0) is 15.4.